The van der Waals surface area contributed by atoms with Crippen molar-refractivity contribution in [3.63, 3.8) is 0 Å². The lowest BCUT2D eigenvalue weighted by molar-refractivity contribution is 0.241. The third kappa shape index (κ3) is 90.0. The van der Waals surface area contributed by atoms with Crippen molar-refractivity contribution in [2.75, 3.05) is 6.61 Å². The third-order valence-corrected chi connectivity index (χ3v) is 3.19. The van der Waals surface area contributed by atoms with Gasteiger partial charge in [-0.2, -0.15) is 0 Å². The molecule has 0 heterocycles. The SMILES string of the molecule is C=COCCCCCCCC.CC.CC.CC(C)C.CCCCCCCC. The first-order chi connectivity index (χ1) is 13.1. The smallest absolute Gasteiger partial charge is 0.0873 e. The minimum absolute atomic E-state index is 0.833. The van der Waals surface area contributed by atoms with Gasteiger partial charge in [0.2, 0.25) is 0 Å². The average molecular weight is 389 g/mol. The van der Waals surface area contributed by atoms with Gasteiger partial charge in [0.1, 0.15) is 0 Å². The van der Waals surface area contributed by atoms with Crippen LogP contribution in [0.4, 0.5) is 0 Å². The van der Waals surface area contributed by atoms with Gasteiger partial charge in [-0.25, -0.2) is 0 Å². The molecule has 0 bridgehead atoms. The Morgan fingerprint density at radius 3 is 1.11 bits per heavy atom. The van der Waals surface area contributed by atoms with Crippen LogP contribution in [-0.2, 0) is 4.74 Å². The Labute approximate surface area is 176 Å². The van der Waals surface area contributed by atoms with Crippen LogP contribution >= 0.6 is 0 Å². The van der Waals surface area contributed by atoms with E-state index in [-0.39, 0.29) is 0 Å². The highest BCUT2D eigenvalue weighted by Crippen LogP contribution is 2.04. The van der Waals surface area contributed by atoms with Crippen LogP contribution in [-0.4, -0.2) is 6.61 Å². The summed E-state index contributed by atoms with van der Waals surface area (Å²) >= 11 is 0. The lowest BCUT2D eigenvalue weighted by Crippen LogP contribution is -1.87. The van der Waals surface area contributed by atoms with E-state index in [0.717, 1.165) is 12.5 Å². The zero-order valence-corrected chi connectivity index (χ0v) is 21.5. The molecule has 0 atom stereocenters. The quantitative estimate of drug-likeness (QED) is 0.225. The first kappa shape index (κ1) is 37.3. The monoisotopic (exact) mass is 388 g/mol. The second-order valence-electron chi connectivity index (χ2n) is 6.95. The molecule has 1 nitrogen and oxygen atoms in total. The summed E-state index contributed by atoms with van der Waals surface area (Å²) in [6.45, 7) is 25.6. The maximum Gasteiger partial charge on any atom is 0.0873 e. The molecule has 0 spiro atoms. The molecule has 0 unspecified atom stereocenters. The maximum absolute atomic E-state index is 5.00. The molecular formula is C26H60O. The van der Waals surface area contributed by atoms with Crippen molar-refractivity contribution in [2.45, 2.75) is 146 Å². The molecule has 0 rings (SSSR count). The number of hydrogen-bond acceptors (Lipinski definition) is 1. The van der Waals surface area contributed by atoms with Crippen LogP contribution in [0.5, 0.6) is 0 Å². The van der Waals surface area contributed by atoms with Crippen molar-refractivity contribution < 1.29 is 4.74 Å². The Bertz CT molecular complexity index is 166. The Balaban J connectivity index is -0.0000000883. The van der Waals surface area contributed by atoms with E-state index >= 15 is 0 Å². The van der Waals surface area contributed by atoms with Gasteiger partial charge < -0.3 is 4.74 Å². The van der Waals surface area contributed by atoms with Gasteiger partial charge >= 0.3 is 0 Å². The van der Waals surface area contributed by atoms with Crippen molar-refractivity contribution in [3.05, 3.63) is 12.8 Å². The van der Waals surface area contributed by atoms with E-state index in [9.17, 15) is 0 Å². The average Bonchev–Trinajstić information content (AvgIpc) is 2.68. The molecule has 0 aliphatic carbocycles. The molecule has 1 heteroatoms. The molecule has 0 radical (unpaired) electrons. The number of hydrogen-bond donors (Lipinski definition) is 0. The second-order valence-corrected chi connectivity index (χ2v) is 6.95. The summed E-state index contributed by atoms with van der Waals surface area (Å²) in [6.07, 6.45) is 17.9. The predicted molar refractivity (Wildman–Crippen MR) is 132 cm³/mol. The van der Waals surface area contributed by atoms with Gasteiger partial charge in [0.15, 0.2) is 0 Å². The molecule has 0 amide bonds. The number of unbranched alkanes of at least 4 members (excludes halogenated alkanes) is 10. The number of rotatable bonds is 13. The Morgan fingerprint density at radius 1 is 0.593 bits per heavy atom. The molecule has 0 saturated carbocycles. The van der Waals surface area contributed by atoms with Crippen LogP contribution < -0.4 is 0 Å². The molecule has 0 saturated heterocycles. The molecule has 0 fully saturated rings. The molecule has 0 aliphatic heterocycles. The van der Waals surface area contributed by atoms with Crippen LogP contribution in [0.3, 0.4) is 0 Å². The molecule has 0 aliphatic rings. The zero-order chi connectivity index (χ0) is 22.2. The van der Waals surface area contributed by atoms with Crippen molar-refractivity contribution >= 4 is 0 Å². The van der Waals surface area contributed by atoms with E-state index in [1.165, 1.54) is 83.3 Å². The number of ether oxygens (including phenoxy) is 1. The highest BCUT2D eigenvalue weighted by atomic mass is 16.5. The predicted octanol–water partition coefficient (Wildman–Crippen LogP) is 10.6. The highest BCUT2D eigenvalue weighted by Gasteiger charge is 1.88. The van der Waals surface area contributed by atoms with Gasteiger partial charge in [-0.1, -0.05) is 146 Å². The van der Waals surface area contributed by atoms with Crippen molar-refractivity contribution in [2.24, 2.45) is 5.92 Å². The third-order valence-electron chi connectivity index (χ3n) is 3.19. The van der Waals surface area contributed by atoms with Crippen LogP contribution in [0.15, 0.2) is 12.8 Å². The maximum atomic E-state index is 5.00. The van der Waals surface area contributed by atoms with Crippen molar-refractivity contribution in [3.8, 4) is 0 Å². The Hall–Kier alpha value is -0.460. The van der Waals surface area contributed by atoms with Crippen molar-refractivity contribution in [1.29, 1.82) is 0 Å². The molecule has 170 valence electrons. The summed E-state index contributed by atoms with van der Waals surface area (Å²) < 4.78 is 5.00. The summed E-state index contributed by atoms with van der Waals surface area (Å²) in [4.78, 5) is 0. The largest absolute Gasteiger partial charge is 0.502 e. The lowest BCUT2D eigenvalue weighted by atomic mass is 10.1. The molecule has 0 N–H and O–H groups in total. The van der Waals surface area contributed by atoms with Gasteiger partial charge in [-0.3, -0.25) is 0 Å². The van der Waals surface area contributed by atoms with E-state index in [1.807, 2.05) is 27.7 Å². The van der Waals surface area contributed by atoms with E-state index in [0.29, 0.717) is 0 Å². The standard InChI is InChI=1S/C10H20O.C8H18.C4H10.2C2H6/c1-3-5-6-7-8-9-10-11-4-2;1-3-5-7-8-6-4-2;1-4(2)3;2*1-2/h4H,2-3,5-10H2,1H3;3-8H2,1-2H3;4H,1-3H3;2*1-2H3. The normalized spacial score (nSPS) is 8.56. The molecule has 0 aromatic carbocycles. The van der Waals surface area contributed by atoms with Crippen LogP contribution in [0, 0.1) is 5.92 Å². The molecule has 27 heavy (non-hydrogen) atoms. The fraction of sp³-hybridized carbons (Fsp3) is 0.923. The van der Waals surface area contributed by atoms with Crippen molar-refractivity contribution in [1.82, 2.24) is 0 Å². The highest BCUT2D eigenvalue weighted by molar-refractivity contribution is 4.49. The Kier molecular flexibility index (Phi) is 69.1. The van der Waals surface area contributed by atoms with Crippen LogP contribution in [0.2, 0.25) is 0 Å². The topological polar surface area (TPSA) is 9.23 Å². The van der Waals surface area contributed by atoms with Gasteiger partial charge in [0, 0.05) is 0 Å². The summed E-state index contributed by atoms with van der Waals surface area (Å²) in [5, 5.41) is 0. The van der Waals surface area contributed by atoms with E-state index in [4.69, 9.17) is 4.74 Å². The lowest BCUT2D eigenvalue weighted by Gasteiger charge is -1.99. The minimum atomic E-state index is 0.833. The van der Waals surface area contributed by atoms with E-state index in [1.54, 1.807) is 0 Å². The molecule has 0 aromatic heterocycles. The van der Waals surface area contributed by atoms with E-state index in [2.05, 4.69) is 48.1 Å². The summed E-state index contributed by atoms with van der Waals surface area (Å²) in [5.74, 6) is 0.833. The minimum Gasteiger partial charge on any atom is -0.502 e. The summed E-state index contributed by atoms with van der Waals surface area (Å²) in [7, 11) is 0. The first-order valence-corrected chi connectivity index (χ1v) is 12.3. The second kappa shape index (κ2) is 50.0. The van der Waals surface area contributed by atoms with E-state index < -0.39 is 0 Å². The van der Waals surface area contributed by atoms with Gasteiger partial charge in [-0.15, -0.1) is 0 Å². The molecular weight excluding hydrogens is 328 g/mol. The fourth-order valence-electron chi connectivity index (χ4n) is 1.90. The summed E-state index contributed by atoms with van der Waals surface area (Å²) in [5.41, 5.74) is 0. The fourth-order valence-corrected chi connectivity index (χ4v) is 1.90. The molecule has 0 aromatic rings. The summed E-state index contributed by atoms with van der Waals surface area (Å²) in [6, 6.07) is 0. The van der Waals surface area contributed by atoms with Crippen LogP contribution in [0.1, 0.15) is 146 Å². The van der Waals surface area contributed by atoms with Gasteiger partial charge in [0.05, 0.1) is 12.9 Å². The Morgan fingerprint density at radius 2 is 0.852 bits per heavy atom. The zero-order valence-electron chi connectivity index (χ0n) is 21.5. The van der Waals surface area contributed by atoms with Gasteiger partial charge in [0.25, 0.3) is 0 Å². The van der Waals surface area contributed by atoms with Crippen LogP contribution in [0.25, 0.3) is 0 Å². The first-order valence-electron chi connectivity index (χ1n) is 12.3. The van der Waals surface area contributed by atoms with Gasteiger partial charge in [-0.05, 0) is 12.3 Å².